The Kier molecular flexibility index (Phi) is 12.0. The Hall–Kier alpha value is -4.91. The number of pyridine rings is 1. The van der Waals surface area contributed by atoms with Gasteiger partial charge in [0.25, 0.3) is 5.91 Å². The van der Waals surface area contributed by atoms with Crippen LogP contribution in [0.1, 0.15) is 42.7 Å². The number of amides is 3. The highest BCUT2D eigenvalue weighted by Crippen LogP contribution is 2.37. The summed E-state index contributed by atoms with van der Waals surface area (Å²) in [5, 5.41) is 1.08. The molecule has 3 aromatic rings. The van der Waals surface area contributed by atoms with E-state index in [1.54, 1.807) is 68.4 Å². The highest BCUT2D eigenvalue weighted by molar-refractivity contribution is 6.33. The fraction of sp³-hybridized carbons (Fsp3) is 0.394. The molecular formula is C33H37ClN4O9. The maximum Gasteiger partial charge on any atom is 0.409 e. The Morgan fingerprint density at radius 3 is 2.21 bits per heavy atom. The van der Waals surface area contributed by atoms with Crippen LogP contribution in [-0.4, -0.2) is 97.2 Å². The Bertz CT molecular complexity index is 1600. The van der Waals surface area contributed by atoms with Crippen LogP contribution in [0.4, 0.5) is 4.79 Å². The van der Waals surface area contributed by atoms with Crippen molar-refractivity contribution in [2.75, 3.05) is 46.5 Å². The van der Waals surface area contributed by atoms with Gasteiger partial charge in [-0.2, -0.15) is 0 Å². The summed E-state index contributed by atoms with van der Waals surface area (Å²) in [5.41, 5.74) is 0.541. The molecular weight excluding hydrogens is 632 g/mol. The topological polar surface area (TPSA) is 154 Å². The molecule has 1 N–H and O–H groups in total. The zero-order valence-corrected chi connectivity index (χ0v) is 27.2. The van der Waals surface area contributed by atoms with Crippen molar-refractivity contribution in [3.63, 3.8) is 0 Å². The molecule has 14 heteroatoms. The standard InChI is InChI=1S/C33H37ClN4O9/c1-4-45-31(42)33(34,22-11-7-6-8-12-22)47-27-21-26(35-24-14-10-9-13-23(24)27)29(40)36-25(15-16-28(39)44-3)30(41)37-17-19-38(20-18-37)32(43)46-5-2/h6-14,21,25H,4-5,15-20H2,1-3H3,(H,36,40)/t25-,33?/m0/s1. The van der Waals surface area contributed by atoms with E-state index in [0.717, 1.165) is 0 Å². The third-order valence-electron chi connectivity index (χ3n) is 7.43. The SMILES string of the molecule is CCOC(=O)N1CCN(C(=O)[C@H](CCC(=O)OC)NC(=O)c2cc(OC(Cl)(C(=O)OCC)c3ccccc3)c3ccccc3n2)CC1. The number of halogens is 1. The molecule has 13 nitrogen and oxygen atoms in total. The minimum Gasteiger partial charge on any atom is -0.469 e. The molecule has 0 radical (unpaired) electrons. The molecule has 3 amide bonds. The number of hydrogen-bond donors (Lipinski definition) is 1. The van der Waals surface area contributed by atoms with Crippen molar-refractivity contribution in [2.24, 2.45) is 0 Å². The molecule has 1 aromatic heterocycles. The first-order valence-electron chi connectivity index (χ1n) is 15.2. The lowest BCUT2D eigenvalue weighted by molar-refractivity contribution is -0.155. The molecule has 1 saturated heterocycles. The van der Waals surface area contributed by atoms with Crippen LogP contribution in [0.25, 0.3) is 10.9 Å². The van der Waals surface area contributed by atoms with Crippen LogP contribution in [0.3, 0.4) is 0 Å². The fourth-order valence-electron chi connectivity index (χ4n) is 4.99. The Labute approximate surface area is 277 Å². The summed E-state index contributed by atoms with van der Waals surface area (Å²) in [4.78, 5) is 72.1. The Balaban J connectivity index is 1.63. The summed E-state index contributed by atoms with van der Waals surface area (Å²) in [5.74, 6) is -2.50. The average molecular weight is 669 g/mol. The van der Waals surface area contributed by atoms with Crippen LogP contribution in [-0.2, 0) is 33.7 Å². The number of ether oxygens (including phenoxy) is 4. The molecule has 0 aliphatic carbocycles. The molecule has 1 fully saturated rings. The van der Waals surface area contributed by atoms with Gasteiger partial charge in [-0.1, -0.05) is 54.1 Å². The van der Waals surface area contributed by atoms with Crippen LogP contribution < -0.4 is 10.1 Å². The maximum absolute atomic E-state index is 13.7. The second-order valence-corrected chi connectivity index (χ2v) is 11.0. The predicted molar refractivity (Wildman–Crippen MR) is 171 cm³/mol. The molecule has 1 aliphatic rings. The summed E-state index contributed by atoms with van der Waals surface area (Å²) in [7, 11) is 1.23. The first-order chi connectivity index (χ1) is 22.6. The zero-order chi connectivity index (χ0) is 34.0. The van der Waals surface area contributed by atoms with Gasteiger partial charge in [0.05, 0.1) is 25.8 Å². The third-order valence-corrected chi connectivity index (χ3v) is 7.88. The number of rotatable bonds is 12. The van der Waals surface area contributed by atoms with Gasteiger partial charge < -0.3 is 34.1 Å². The van der Waals surface area contributed by atoms with Gasteiger partial charge in [0.1, 0.15) is 17.5 Å². The van der Waals surface area contributed by atoms with Crippen molar-refractivity contribution >= 4 is 52.4 Å². The van der Waals surface area contributed by atoms with Crippen LogP contribution in [0.2, 0.25) is 0 Å². The zero-order valence-electron chi connectivity index (χ0n) is 26.4. The lowest BCUT2D eigenvalue weighted by Gasteiger charge is -2.36. The minimum atomic E-state index is -2.10. The molecule has 2 aromatic carbocycles. The molecule has 250 valence electrons. The largest absolute Gasteiger partial charge is 0.469 e. The number of aromatic nitrogens is 1. The normalized spacial score (nSPS) is 14.8. The van der Waals surface area contributed by atoms with Crippen molar-refractivity contribution in [1.82, 2.24) is 20.1 Å². The van der Waals surface area contributed by atoms with E-state index < -0.39 is 40.9 Å². The van der Waals surface area contributed by atoms with Crippen LogP contribution in [0.15, 0.2) is 60.7 Å². The van der Waals surface area contributed by atoms with Gasteiger partial charge in [0.15, 0.2) is 0 Å². The molecule has 0 spiro atoms. The summed E-state index contributed by atoms with van der Waals surface area (Å²) < 4.78 is 21.2. The molecule has 0 bridgehead atoms. The summed E-state index contributed by atoms with van der Waals surface area (Å²) >= 11 is 6.86. The van der Waals surface area contributed by atoms with Gasteiger partial charge in [-0.05, 0) is 32.4 Å². The number of benzene rings is 2. The van der Waals surface area contributed by atoms with Crippen molar-refractivity contribution in [2.45, 2.75) is 37.8 Å². The fourth-order valence-corrected chi connectivity index (χ4v) is 5.25. The first kappa shape index (κ1) is 35.0. The number of alkyl halides is 1. The number of esters is 2. The molecule has 1 unspecified atom stereocenters. The van der Waals surface area contributed by atoms with Gasteiger partial charge in [-0.25, -0.2) is 14.6 Å². The molecule has 0 saturated carbocycles. The van der Waals surface area contributed by atoms with E-state index in [-0.39, 0.29) is 63.7 Å². The molecule has 2 heterocycles. The Morgan fingerprint density at radius 2 is 1.55 bits per heavy atom. The number of carbonyl (C=O) groups excluding carboxylic acids is 5. The minimum absolute atomic E-state index is 0.0477. The molecule has 4 rings (SSSR count). The lowest BCUT2D eigenvalue weighted by atomic mass is 10.1. The average Bonchev–Trinajstić information content (AvgIpc) is 3.10. The highest BCUT2D eigenvalue weighted by Gasteiger charge is 2.43. The number of methoxy groups -OCH3 is 1. The number of nitrogens with one attached hydrogen (secondary N) is 1. The number of para-hydroxylation sites is 1. The number of nitrogens with zero attached hydrogens (tertiary/aromatic N) is 3. The van der Waals surface area contributed by atoms with E-state index in [4.69, 9.17) is 30.5 Å². The second-order valence-electron chi connectivity index (χ2n) is 10.5. The van der Waals surface area contributed by atoms with Gasteiger partial charge in [0, 0.05) is 49.6 Å². The molecule has 2 atom stereocenters. The number of carbonyl (C=O) groups is 5. The number of fused-ring (bicyclic) bond motifs is 1. The maximum atomic E-state index is 13.7. The van der Waals surface area contributed by atoms with Crippen LogP contribution in [0, 0.1) is 0 Å². The molecule has 1 aliphatic heterocycles. The van der Waals surface area contributed by atoms with Crippen molar-refractivity contribution < 1.29 is 42.9 Å². The van der Waals surface area contributed by atoms with E-state index in [0.29, 0.717) is 16.5 Å². The second kappa shape index (κ2) is 16.1. The van der Waals surface area contributed by atoms with E-state index in [1.165, 1.54) is 23.0 Å². The van der Waals surface area contributed by atoms with E-state index in [1.807, 2.05) is 0 Å². The van der Waals surface area contributed by atoms with E-state index >= 15 is 0 Å². The van der Waals surface area contributed by atoms with Crippen molar-refractivity contribution in [3.8, 4) is 5.75 Å². The van der Waals surface area contributed by atoms with E-state index in [9.17, 15) is 24.0 Å². The smallest absolute Gasteiger partial charge is 0.409 e. The van der Waals surface area contributed by atoms with Crippen molar-refractivity contribution in [3.05, 3.63) is 71.9 Å². The number of hydrogen-bond acceptors (Lipinski definition) is 10. The molecule has 47 heavy (non-hydrogen) atoms. The summed E-state index contributed by atoms with van der Waals surface area (Å²) in [6.45, 7) is 4.54. The predicted octanol–water partition coefficient (Wildman–Crippen LogP) is 3.62. The van der Waals surface area contributed by atoms with Gasteiger partial charge in [-0.15, -0.1) is 0 Å². The number of piperazine rings is 1. The summed E-state index contributed by atoms with van der Waals surface area (Å²) in [6, 6.07) is 15.4. The van der Waals surface area contributed by atoms with Crippen LogP contribution >= 0.6 is 11.6 Å². The third kappa shape index (κ3) is 8.47. The van der Waals surface area contributed by atoms with Crippen LogP contribution in [0.5, 0.6) is 5.75 Å². The van der Waals surface area contributed by atoms with Gasteiger partial charge >= 0.3 is 23.1 Å². The lowest BCUT2D eigenvalue weighted by Crippen LogP contribution is -2.56. The highest BCUT2D eigenvalue weighted by atomic mass is 35.5. The first-order valence-corrected chi connectivity index (χ1v) is 15.6. The quantitative estimate of drug-likeness (QED) is 0.172. The Morgan fingerprint density at radius 1 is 0.915 bits per heavy atom. The summed E-state index contributed by atoms with van der Waals surface area (Å²) in [6.07, 6.45) is -0.652. The van der Waals surface area contributed by atoms with E-state index in [2.05, 4.69) is 10.3 Å². The van der Waals surface area contributed by atoms with Gasteiger partial charge in [0.2, 0.25) is 5.91 Å². The van der Waals surface area contributed by atoms with Gasteiger partial charge in [-0.3, -0.25) is 14.4 Å². The van der Waals surface area contributed by atoms with Crippen molar-refractivity contribution in [1.29, 1.82) is 0 Å². The monoisotopic (exact) mass is 668 g/mol.